The zero-order valence-corrected chi connectivity index (χ0v) is 8.92. The Morgan fingerprint density at radius 3 is 2.24 bits per heavy atom. The van der Waals surface area contributed by atoms with Crippen LogP contribution >= 0.6 is 11.8 Å². The van der Waals surface area contributed by atoms with Crippen molar-refractivity contribution in [1.82, 2.24) is 4.84 Å². The van der Waals surface area contributed by atoms with E-state index in [-0.39, 0.29) is 5.56 Å². The minimum Gasteiger partial charge on any atom is -0.480 e. The first kappa shape index (κ1) is 13.6. The lowest BCUT2D eigenvalue weighted by Crippen LogP contribution is -2.21. The number of alkyl halides is 3. The van der Waals surface area contributed by atoms with Gasteiger partial charge in [-0.3, -0.25) is 4.79 Å². The minimum absolute atomic E-state index is 0.210. The fraction of sp³-hybridized carbons (Fsp3) is 0.222. The van der Waals surface area contributed by atoms with E-state index < -0.39 is 24.1 Å². The van der Waals surface area contributed by atoms with Crippen LogP contribution in [0.5, 0.6) is 5.75 Å². The molecule has 0 aliphatic rings. The van der Waals surface area contributed by atoms with Crippen LogP contribution in [-0.4, -0.2) is 17.4 Å². The van der Waals surface area contributed by atoms with E-state index in [4.69, 9.17) is 16.9 Å². The largest absolute Gasteiger partial charge is 0.573 e. The summed E-state index contributed by atoms with van der Waals surface area (Å²) >= 11 is 5.20. The van der Waals surface area contributed by atoms with E-state index in [1.165, 1.54) is 12.1 Å². The Morgan fingerprint density at radius 1 is 1.35 bits per heavy atom. The summed E-state index contributed by atoms with van der Waals surface area (Å²) in [6, 6.07) is 3.17. The van der Waals surface area contributed by atoms with Crippen molar-refractivity contribution in [2.75, 3.05) is 0 Å². The van der Waals surface area contributed by atoms with Gasteiger partial charge in [-0.05, 0) is 29.5 Å². The maximum Gasteiger partial charge on any atom is 0.573 e. The molecule has 17 heavy (non-hydrogen) atoms. The van der Waals surface area contributed by atoms with E-state index >= 15 is 0 Å². The Bertz CT molecular complexity index is 393. The smallest absolute Gasteiger partial charge is 0.480 e. The van der Waals surface area contributed by atoms with Crippen LogP contribution in [0.1, 0.15) is 11.6 Å². The fourth-order valence-corrected chi connectivity index (χ4v) is 1.33. The van der Waals surface area contributed by atoms with Crippen LogP contribution in [0.15, 0.2) is 24.3 Å². The molecular formula is C9H7ClF3NO3. The number of aliphatic carboxylic acids is 1. The van der Waals surface area contributed by atoms with Gasteiger partial charge in [0.1, 0.15) is 11.8 Å². The van der Waals surface area contributed by atoms with E-state index in [2.05, 4.69) is 4.74 Å². The molecule has 0 spiro atoms. The zero-order valence-electron chi connectivity index (χ0n) is 8.16. The molecule has 0 aliphatic carbocycles. The Balaban J connectivity index is 2.84. The summed E-state index contributed by atoms with van der Waals surface area (Å²) in [7, 11) is 0. The molecule has 2 N–H and O–H groups in total. The molecule has 1 aromatic rings. The van der Waals surface area contributed by atoms with Crippen molar-refractivity contribution in [3.63, 3.8) is 0 Å². The van der Waals surface area contributed by atoms with Crippen LogP contribution in [0.25, 0.3) is 0 Å². The van der Waals surface area contributed by atoms with Gasteiger partial charge in [-0.2, -0.15) is 0 Å². The highest BCUT2D eigenvalue weighted by atomic mass is 35.5. The van der Waals surface area contributed by atoms with Gasteiger partial charge in [0.05, 0.1) is 0 Å². The van der Waals surface area contributed by atoms with Gasteiger partial charge >= 0.3 is 12.3 Å². The fourth-order valence-electron chi connectivity index (χ4n) is 1.11. The summed E-state index contributed by atoms with van der Waals surface area (Å²) in [6.07, 6.45) is -4.78. The van der Waals surface area contributed by atoms with E-state index in [0.29, 0.717) is 0 Å². The molecular weight excluding hydrogens is 263 g/mol. The Morgan fingerprint density at radius 2 is 1.88 bits per heavy atom. The van der Waals surface area contributed by atoms with E-state index in [0.717, 1.165) is 12.1 Å². The highest BCUT2D eigenvalue weighted by molar-refractivity contribution is 6.14. The standard InChI is InChI=1S/C9H7ClF3NO3/c10-14-7(8(15)16)5-1-3-6(4-2-5)17-9(11,12)13/h1-4,7,14H,(H,15,16). The maximum absolute atomic E-state index is 11.8. The lowest BCUT2D eigenvalue weighted by Gasteiger charge is -2.12. The second kappa shape index (κ2) is 5.24. The van der Waals surface area contributed by atoms with Crippen LogP contribution < -0.4 is 9.57 Å². The number of carboxylic acids is 1. The Labute approximate surface area is 99.1 Å². The summed E-state index contributed by atoms with van der Waals surface area (Å²) in [5.41, 5.74) is 0.210. The molecule has 1 aromatic carbocycles. The number of hydrogen-bond acceptors (Lipinski definition) is 3. The third kappa shape index (κ3) is 4.12. The minimum atomic E-state index is -4.78. The second-order valence-corrected chi connectivity index (χ2v) is 3.22. The van der Waals surface area contributed by atoms with Crippen molar-refractivity contribution in [2.45, 2.75) is 12.4 Å². The summed E-state index contributed by atoms with van der Waals surface area (Å²) < 4.78 is 39.2. The predicted octanol–water partition coefficient (Wildman–Crippen LogP) is 2.45. The number of benzene rings is 1. The van der Waals surface area contributed by atoms with Crippen molar-refractivity contribution in [1.29, 1.82) is 0 Å². The SMILES string of the molecule is O=C(O)C(NCl)c1ccc(OC(F)(F)F)cc1. The highest BCUT2D eigenvalue weighted by Gasteiger charge is 2.31. The van der Waals surface area contributed by atoms with Crippen molar-refractivity contribution >= 4 is 17.7 Å². The monoisotopic (exact) mass is 269 g/mol. The van der Waals surface area contributed by atoms with E-state index in [1.54, 1.807) is 0 Å². The van der Waals surface area contributed by atoms with Gasteiger partial charge in [0.2, 0.25) is 0 Å². The summed E-state index contributed by atoms with van der Waals surface area (Å²) in [4.78, 5) is 12.7. The van der Waals surface area contributed by atoms with Crippen molar-refractivity contribution in [2.24, 2.45) is 0 Å². The number of hydrogen-bond donors (Lipinski definition) is 2. The third-order valence-corrected chi connectivity index (χ3v) is 2.02. The number of carboxylic acid groups (broad SMARTS) is 1. The zero-order chi connectivity index (χ0) is 13.1. The van der Waals surface area contributed by atoms with Gasteiger partial charge in [0, 0.05) is 0 Å². The van der Waals surface area contributed by atoms with Crippen LogP contribution in [0.4, 0.5) is 13.2 Å². The molecule has 0 bridgehead atoms. The van der Waals surface area contributed by atoms with E-state index in [1.807, 2.05) is 4.84 Å². The van der Waals surface area contributed by atoms with Crippen LogP contribution in [0.2, 0.25) is 0 Å². The van der Waals surface area contributed by atoms with E-state index in [9.17, 15) is 18.0 Å². The molecule has 0 saturated heterocycles. The van der Waals surface area contributed by atoms with Gasteiger partial charge in [-0.15, -0.1) is 13.2 Å². The van der Waals surface area contributed by atoms with Gasteiger partial charge in [-0.25, -0.2) is 4.84 Å². The third-order valence-electron chi connectivity index (χ3n) is 1.80. The first-order chi connectivity index (χ1) is 7.83. The summed E-state index contributed by atoms with van der Waals surface area (Å²) in [5, 5.41) is 8.72. The molecule has 4 nitrogen and oxygen atoms in total. The molecule has 0 radical (unpaired) electrons. The molecule has 0 fully saturated rings. The molecule has 94 valence electrons. The molecule has 0 heterocycles. The summed E-state index contributed by atoms with van der Waals surface area (Å²) in [6.45, 7) is 0. The average molecular weight is 270 g/mol. The van der Waals surface area contributed by atoms with Crippen molar-refractivity contribution in [3.05, 3.63) is 29.8 Å². The van der Waals surface area contributed by atoms with Crippen LogP contribution in [0, 0.1) is 0 Å². The Hall–Kier alpha value is -1.47. The number of rotatable bonds is 4. The molecule has 1 atom stereocenters. The second-order valence-electron chi connectivity index (χ2n) is 3.00. The van der Waals surface area contributed by atoms with Crippen LogP contribution in [0.3, 0.4) is 0 Å². The molecule has 1 rings (SSSR count). The normalized spacial score (nSPS) is 13.2. The molecule has 0 saturated carbocycles. The van der Waals surface area contributed by atoms with Gasteiger partial charge < -0.3 is 9.84 Å². The van der Waals surface area contributed by atoms with Gasteiger partial charge in [-0.1, -0.05) is 12.1 Å². The predicted molar refractivity (Wildman–Crippen MR) is 52.5 cm³/mol. The lowest BCUT2D eigenvalue weighted by atomic mass is 10.1. The highest BCUT2D eigenvalue weighted by Crippen LogP contribution is 2.24. The van der Waals surface area contributed by atoms with Gasteiger partial charge in [0.15, 0.2) is 0 Å². The number of nitrogens with one attached hydrogen (secondary N) is 1. The summed E-state index contributed by atoms with van der Waals surface area (Å²) in [5.74, 6) is -1.68. The molecule has 8 heteroatoms. The number of carbonyl (C=O) groups is 1. The number of halogens is 4. The molecule has 1 unspecified atom stereocenters. The van der Waals surface area contributed by atoms with Crippen molar-refractivity contribution in [3.8, 4) is 5.75 Å². The topological polar surface area (TPSA) is 58.6 Å². The Kier molecular flexibility index (Phi) is 4.19. The van der Waals surface area contributed by atoms with Gasteiger partial charge in [0.25, 0.3) is 0 Å². The molecule has 0 aliphatic heterocycles. The first-order valence-electron chi connectivity index (χ1n) is 4.28. The average Bonchev–Trinajstić information content (AvgIpc) is 2.18. The quantitative estimate of drug-likeness (QED) is 0.825. The lowest BCUT2D eigenvalue weighted by molar-refractivity contribution is -0.274. The molecule has 0 amide bonds. The maximum atomic E-state index is 11.8. The first-order valence-corrected chi connectivity index (χ1v) is 4.66. The number of ether oxygens (including phenoxy) is 1. The molecule has 0 aromatic heterocycles. The van der Waals surface area contributed by atoms with Crippen molar-refractivity contribution < 1.29 is 27.8 Å². The van der Waals surface area contributed by atoms with Crippen LogP contribution in [-0.2, 0) is 4.79 Å².